The van der Waals surface area contributed by atoms with Crippen molar-refractivity contribution in [1.82, 2.24) is 4.98 Å². The van der Waals surface area contributed by atoms with Crippen molar-refractivity contribution in [2.24, 2.45) is 0 Å². The van der Waals surface area contributed by atoms with Gasteiger partial charge in [-0.15, -0.1) is 0 Å². The van der Waals surface area contributed by atoms with Gasteiger partial charge in [0.1, 0.15) is 0 Å². The number of aromatic nitrogens is 1. The normalized spacial score (nSPS) is 12.5. The number of fused-ring (bicyclic) bond motifs is 5. The summed E-state index contributed by atoms with van der Waals surface area (Å²) < 4.78 is 0. The Bertz CT molecular complexity index is 812. The fourth-order valence-corrected chi connectivity index (χ4v) is 3.35. The lowest BCUT2D eigenvalue weighted by Gasteiger charge is -2.07. The van der Waals surface area contributed by atoms with E-state index in [4.69, 9.17) is 0 Å². The standard InChI is InChI=1S/C18H18N2/c1-3-19-13-8-11(2)17-16(10-13)15-9-12-6-4-5-7-14(12)18(15)20-17/h4-8,10,19-20H,3,9H2,1-2H3. The van der Waals surface area contributed by atoms with Gasteiger partial charge >= 0.3 is 0 Å². The van der Waals surface area contributed by atoms with Crippen molar-refractivity contribution < 1.29 is 0 Å². The summed E-state index contributed by atoms with van der Waals surface area (Å²) in [4.78, 5) is 3.64. The Morgan fingerprint density at radius 1 is 1.20 bits per heavy atom. The number of hydrogen-bond acceptors (Lipinski definition) is 1. The summed E-state index contributed by atoms with van der Waals surface area (Å²) in [5, 5.41) is 4.80. The molecule has 0 radical (unpaired) electrons. The molecule has 0 saturated heterocycles. The van der Waals surface area contributed by atoms with Crippen LogP contribution in [-0.2, 0) is 6.42 Å². The van der Waals surface area contributed by atoms with Crippen LogP contribution in [0.2, 0.25) is 0 Å². The van der Waals surface area contributed by atoms with E-state index < -0.39 is 0 Å². The van der Waals surface area contributed by atoms with Crippen LogP contribution in [0.3, 0.4) is 0 Å². The second kappa shape index (κ2) is 4.14. The molecule has 1 aromatic heterocycles. The average molecular weight is 262 g/mol. The molecule has 2 N–H and O–H groups in total. The second-order valence-electron chi connectivity index (χ2n) is 5.56. The van der Waals surface area contributed by atoms with Crippen molar-refractivity contribution in [1.29, 1.82) is 0 Å². The molecular weight excluding hydrogens is 244 g/mol. The first-order valence-corrected chi connectivity index (χ1v) is 7.25. The summed E-state index contributed by atoms with van der Waals surface area (Å²) in [5.74, 6) is 0. The number of rotatable bonds is 2. The molecule has 0 aliphatic heterocycles. The Hall–Kier alpha value is -2.22. The highest BCUT2D eigenvalue weighted by atomic mass is 14.9. The zero-order valence-corrected chi connectivity index (χ0v) is 11.9. The Kier molecular flexibility index (Phi) is 2.40. The van der Waals surface area contributed by atoms with E-state index in [0.29, 0.717) is 0 Å². The molecule has 0 atom stereocenters. The first-order valence-electron chi connectivity index (χ1n) is 7.25. The number of anilines is 1. The fourth-order valence-electron chi connectivity index (χ4n) is 3.35. The number of hydrogen-bond donors (Lipinski definition) is 2. The van der Waals surface area contributed by atoms with Gasteiger partial charge in [0.15, 0.2) is 0 Å². The molecule has 1 aliphatic carbocycles. The maximum absolute atomic E-state index is 3.64. The highest BCUT2D eigenvalue weighted by molar-refractivity contribution is 5.97. The molecule has 0 unspecified atom stereocenters. The lowest BCUT2D eigenvalue weighted by atomic mass is 10.1. The van der Waals surface area contributed by atoms with Crippen LogP contribution >= 0.6 is 0 Å². The Morgan fingerprint density at radius 2 is 2.05 bits per heavy atom. The average Bonchev–Trinajstić information content (AvgIpc) is 2.96. The Balaban J connectivity index is 1.98. The minimum absolute atomic E-state index is 0.956. The fraction of sp³-hybridized carbons (Fsp3) is 0.222. The summed E-state index contributed by atoms with van der Waals surface area (Å²) in [6, 6.07) is 13.2. The molecule has 2 heteroatoms. The quantitative estimate of drug-likeness (QED) is 0.547. The van der Waals surface area contributed by atoms with E-state index >= 15 is 0 Å². The van der Waals surface area contributed by atoms with Crippen molar-refractivity contribution in [3.8, 4) is 11.3 Å². The smallest absolute Gasteiger partial charge is 0.0503 e. The van der Waals surface area contributed by atoms with Crippen molar-refractivity contribution in [2.75, 3.05) is 11.9 Å². The molecular formula is C18H18N2. The van der Waals surface area contributed by atoms with E-state index in [0.717, 1.165) is 13.0 Å². The summed E-state index contributed by atoms with van der Waals surface area (Å²) in [7, 11) is 0. The van der Waals surface area contributed by atoms with Gasteiger partial charge in [-0.05, 0) is 42.7 Å². The number of nitrogens with one attached hydrogen (secondary N) is 2. The molecule has 2 nitrogen and oxygen atoms in total. The number of benzene rings is 2. The minimum atomic E-state index is 0.956. The van der Waals surface area contributed by atoms with Gasteiger partial charge in [0.2, 0.25) is 0 Å². The third-order valence-corrected chi connectivity index (χ3v) is 4.25. The highest BCUT2D eigenvalue weighted by Gasteiger charge is 2.23. The maximum atomic E-state index is 3.64. The molecule has 100 valence electrons. The van der Waals surface area contributed by atoms with Gasteiger partial charge in [0.05, 0.1) is 5.69 Å². The van der Waals surface area contributed by atoms with Crippen molar-refractivity contribution in [3.63, 3.8) is 0 Å². The third kappa shape index (κ3) is 1.51. The van der Waals surface area contributed by atoms with Crippen LogP contribution in [0, 0.1) is 6.92 Å². The molecule has 4 rings (SSSR count). The molecule has 1 aliphatic rings. The predicted octanol–water partition coefficient (Wildman–Crippen LogP) is 4.48. The first kappa shape index (κ1) is 11.6. The zero-order chi connectivity index (χ0) is 13.7. The van der Waals surface area contributed by atoms with Gasteiger partial charge in [-0.2, -0.15) is 0 Å². The number of aryl methyl sites for hydroxylation is 1. The molecule has 2 aromatic carbocycles. The molecule has 20 heavy (non-hydrogen) atoms. The van der Waals surface area contributed by atoms with Gasteiger partial charge in [-0.1, -0.05) is 24.3 Å². The van der Waals surface area contributed by atoms with Gasteiger partial charge in [0.25, 0.3) is 0 Å². The second-order valence-corrected chi connectivity index (χ2v) is 5.56. The van der Waals surface area contributed by atoms with E-state index in [-0.39, 0.29) is 0 Å². The monoisotopic (exact) mass is 262 g/mol. The predicted molar refractivity (Wildman–Crippen MR) is 85.4 cm³/mol. The third-order valence-electron chi connectivity index (χ3n) is 4.25. The lowest BCUT2D eigenvalue weighted by molar-refractivity contribution is 1.21. The van der Waals surface area contributed by atoms with Crippen LogP contribution in [0.25, 0.3) is 22.2 Å². The van der Waals surface area contributed by atoms with Gasteiger partial charge in [-0.25, -0.2) is 0 Å². The summed E-state index contributed by atoms with van der Waals surface area (Å²) in [6.45, 7) is 5.27. The molecule has 0 fully saturated rings. The Labute approximate surface area is 118 Å². The molecule has 0 spiro atoms. The van der Waals surface area contributed by atoms with E-state index in [1.54, 1.807) is 0 Å². The van der Waals surface area contributed by atoms with Crippen LogP contribution in [0.5, 0.6) is 0 Å². The van der Waals surface area contributed by atoms with Crippen molar-refractivity contribution in [2.45, 2.75) is 20.3 Å². The molecule has 0 amide bonds. The van der Waals surface area contributed by atoms with E-state index in [2.05, 4.69) is 60.5 Å². The maximum Gasteiger partial charge on any atom is 0.0503 e. The van der Waals surface area contributed by atoms with E-state index in [1.165, 1.54) is 44.5 Å². The zero-order valence-electron chi connectivity index (χ0n) is 11.9. The molecule has 0 bridgehead atoms. The van der Waals surface area contributed by atoms with Crippen molar-refractivity contribution >= 4 is 16.6 Å². The van der Waals surface area contributed by atoms with E-state index in [1.807, 2.05) is 0 Å². The minimum Gasteiger partial charge on any atom is -0.385 e. The summed E-state index contributed by atoms with van der Waals surface area (Å²) >= 11 is 0. The SMILES string of the molecule is CCNc1cc(C)c2[nH]c3c(c2c1)Cc1ccccc1-3. The topological polar surface area (TPSA) is 27.8 Å². The Morgan fingerprint density at radius 3 is 2.90 bits per heavy atom. The van der Waals surface area contributed by atoms with Crippen LogP contribution in [0.4, 0.5) is 5.69 Å². The van der Waals surface area contributed by atoms with Crippen LogP contribution in [0.15, 0.2) is 36.4 Å². The molecule has 0 saturated carbocycles. The van der Waals surface area contributed by atoms with Crippen LogP contribution in [-0.4, -0.2) is 11.5 Å². The summed E-state index contributed by atoms with van der Waals surface area (Å²) in [5.41, 5.74) is 9.37. The van der Waals surface area contributed by atoms with Crippen LogP contribution < -0.4 is 5.32 Å². The lowest BCUT2D eigenvalue weighted by Crippen LogP contribution is -1.96. The number of H-pyrrole nitrogens is 1. The molecule has 1 heterocycles. The molecule has 3 aromatic rings. The first-order chi connectivity index (χ1) is 9.78. The van der Waals surface area contributed by atoms with Crippen LogP contribution in [0.1, 0.15) is 23.6 Å². The summed E-state index contributed by atoms with van der Waals surface area (Å²) in [6.07, 6.45) is 1.04. The highest BCUT2D eigenvalue weighted by Crippen LogP contribution is 2.41. The largest absolute Gasteiger partial charge is 0.385 e. The number of aromatic amines is 1. The van der Waals surface area contributed by atoms with Gasteiger partial charge in [-0.3, -0.25) is 0 Å². The van der Waals surface area contributed by atoms with Gasteiger partial charge < -0.3 is 10.3 Å². The van der Waals surface area contributed by atoms with Crippen molar-refractivity contribution in [3.05, 3.63) is 53.1 Å². The van der Waals surface area contributed by atoms with Gasteiger partial charge in [0, 0.05) is 35.1 Å². The van der Waals surface area contributed by atoms with E-state index in [9.17, 15) is 0 Å².